The molecule has 0 bridgehead atoms. The van der Waals surface area contributed by atoms with Crippen LogP contribution in [0.25, 0.3) is 0 Å². The van der Waals surface area contributed by atoms with E-state index in [1.165, 1.54) is 19.3 Å². The highest BCUT2D eigenvalue weighted by atomic mass is 16.1. The van der Waals surface area contributed by atoms with Gasteiger partial charge in [-0.25, -0.2) is 0 Å². The molecule has 1 aromatic carbocycles. The third kappa shape index (κ3) is 3.49. The number of hydrogen-bond donors (Lipinski definition) is 2. The SMILES string of the molecule is CCC1(CNC(=O)CCc2cccc(N)c2)CC1. The number of nitrogens with one attached hydrogen (secondary N) is 1. The fourth-order valence-corrected chi connectivity index (χ4v) is 2.21. The maximum absolute atomic E-state index is 11.7. The third-order valence-electron chi connectivity index (χ3n) is 3.96. The summed E-state index contributed by atoms with van der Waals surface area (Å²) in [6.45, 7) is 3.05. The first-order valence-corrected chi connectivity index (χ1v) is 6.75. The van der Waals surface area contributed by atoms with Crippen molar-refractivity contribution in [1.29, 1.82) is 0 Å². The van der Waals surface area contributed by atoms with Gasteiger partial charge in [0.2, 0.25) is 5.91 Å². The molecule has 3 nitrogen and oxygen atoms in total. The Balaban J connectivity index is 1.72. The van der Waals surface area contributed by atoms with Gasteiger partial charge in [-0.1, -0.05) is 19.1 Å². The van der Waals surface area contributed by atoms with Gasteiger partial charge in [0.25, 0.3) is 0 Å². The highest BCUT2D eigenvalue weighted by Gasteiger charge is 2.40. The highest BCUT2D eigenvalue weighted by molar-refractivity contribution is 5.76. The van der Waals surface area contributed by atoms with Crippen LogP contribution in [0, 0.1) is 5.41 Å². The van der Waals surface area contributed by atoms with Crippen molar-refractivity contribution in [3.05, 3.63) is 29.8 Å². The van der Waals surface area contributed by atoms with Crippen LogP contribution in [0.4, 0.5) is 5.69 Å². The molecule has 3 N–H and O–H groups in total. The molecule has 0 aromatic heterocycles. The van der Waals surface area contributed by atoms with Gasteiger partial charge in [0, 0.05) is 18.7 Å². The van der Waals surface area contributed by atoms with Crippen molar-refractivity contribution >= 4 is 11.6 Å². The summed E-state index contributed by atoms with van der Waals surface area (Å²) < 4.78 is 0. The topological polar surface area (TPSA) is 55.1 Å². The zero-order valence-electron chi connectivity index (χ0n) is 11.0. The predicted octanol–water partition coefficient (Wildman–Crippen LogP) is 2.51. The fraction of sp³-hybridized carbons (Fsp3) is 0.533. The van der Waals surface area contributed by atoms with Crippen LogP contribution < -0.4 is 11.1 Å². The van der Waals surface area contributed by atoms with Gasteiger partial charge in [0.1, 0.15) is 0 Å². The van der Waals surface area contributed by atoms with Crippen LogP contribution in [-0.4, -0.2) is 12.5 Å². The van der Waals surface area contributed by atoms with Gasteiger partial charge in [-0.15, -0.1) is 0 Å². The Morgan fingerprint density at radius 2 is 2.22 bits per heavy atom. The van der Waals surface area contributed by atoms with E-state index < -0.39 is 0 Å². The molecular formula is C15H22N2O. The number of benzene rings is 1. The van der Waals surface area contributed by atoms with Gasteiger partial charge < -0.3 is 11.1 Å². The lowest BCUT2D eigenvalue weighted by atomic mass is 10.0. The molecule has 1 fully saturated rings. The maximum Gasteiger partial charge on any atom is 0.220 e. The van der Waals surface area contributed by atoms with Crippen molar-refractivity contribution in [1.82, 2.24) is 5.32 Å². The summed E-state index contributed by atoms with van der Waals surface area (Å²) in [5.41, 5.74) is 8.02. The Labute approximate surface area is 109 Å². The van der Waals surface area contributed by atoms with E-state index in [1.54, 1.807) is 0 Å². The Hall–Kier alpha value is -1.51. The Morgan fingerprint density at radius 1 is 1.44 bits per heavy atom. The molecule has 2 rings (SSSR count). The number of aryl methyl sites for hydroxylation is 1. The minimum Gasteiger partial charge on any atom is -0.399 e. The minimum absolute atomic E-state index is 0.150. The average Bonchev–Trinajstić information content (AvgIpc) is 3.15. The van der Waals surface area contributed by atoms with Crippen molar-refractivity contribution in [2.24, 2.45) is 5.41 Å². The van der Waals surface area contributed by atoms with Crippen LogP contribution in [0.1, 0.15) is 38.2 Å². The van der Waals surface area contributed by atoms with Gasteiger partial charge >= 0.3 is 0 Å². The van der Waals surface area contributed by atoms with Crippen LogP contribution >= 0.6 is 0 Å². The van der Waals surface area contributed by atoms with E-state index in [-0.39, 0.29) is 5.91 Å². The molecule has 1 amide bonds. The number of anilines is 1. The van der Waals surface area contributed by atoms with Crippen molar-refractivity contribution in [3.8, 4) is 0 Å². The number of amides is 1. The smallest absolute Gasteiger partial charge is 0.220 e. The monoisotopic (exact) mass is 246 g/mol. The van der Waals surface area contributed by atoms with E-state index in [0.29, 0.717) is 11.8 Å². The van der Waals surface area contributed by atoms with Crippen molar-refractivity contribution < 1.29 is 4.79 Å². The molecular weight excluding hydrogens is 224 g/mol. The van der Waals surface area contributed by atoms with Crippen molar-refractivity contribution in [2.45, 2.75) is 39.0 Å². The number of hydrogen-bond acceptors (Lipinski definition) is 2. The molecule has 0 saturated heterocycles. The third-order valence-corrected chi connectivity index (χ3v) is 3.96. The number of nitrogens with two attached hydrogens (primary N) is 1. The molecule has 0 spiro atoms. The van der Waals surface area contributed by atoms with Gasteiger partial charge in [0.15, 0.2) is 0 Å². The first kappa shape index (κ1) is 12.9. The Bertz CT molecular complexity index is 424. The van der Waals surface area contributed by atoms with Crippen LogP contribution in [0.5, 0.6) is 0 Å². The first-order valence-electron chi connectivity index (χ1n) is 6.75. The molecule has 0 radical (unpaired) electrons. The minimum atomic E-state index is 0.150. The molecule has 1 aliphatic carbocycles. The second kappa shape index (κ2) is 5.42. The van der Waals surface area contributed by atoms with Crippen LogP contribution in [0.3, 0.4) is 0 Å². The van der Waals surface area contributed by atoms with Gasteiger partial charge in [-0.05, 0) is 48.8 Å². The second-order valence-corrected chi connectivity index (χ2v) is 5.38. The predicted molar refractivity (Wildman–Crippen MR) is 74.1 cm³/mol. The van der Waals surface area contributed by atoms with E-state index in [9.17, 15) is 4.79 Å². The second-order valence-electron chi connectivity index (χ2n) is 5.38. The standard InChI is InChI=1S/C15H22N2O/c1-2-15(8-9-15)11-17-14(18)7-6-12-4-3-5-13(16)10-12/h3-5,10H,2,6-9,11,16H2,1H3,(H,17,18). The molecule has 1 saturated carbocycles. The highest BCUT2D eigenvalue weighted by Crippen LogP contribution is 2.47. The molecule has 1 aromatic rings. The van der Waals surface area contributed by atoms with Crippen molar-refractivity contribution in [3.63, 3.8) is 0 Å². The average molecular weight is 246 g/mol. The molecule has 0 aliphatic heterocycles. The molecule has 1 aliphatic rings. The van der Waals surface area contributed by atoms with E-state index in [0.717, 1.165) is 24.2 Å². The molecule has 0 atom stereocenters. The number of carbonyl (C=O) groups is 1. The number of rotatable bonds is 6. The van der Waals surface area contributed by atoms with E-state index in [1.807, 2.05) is 24.3 Å². The summed E-state index contributed by atoms with van der Waals surface area (Å²) in [5.74, 6) is 0.150. The summed E-state index contributed by atoms with van der Waals surface area (Å²) in [4.78, 5) is 11.7. The Morgan fingerprint density at radius 3 is 2.83 bits per heavy atom. The number of carbonyl (C=O) groups excluding carboxylic acids is 1. The molecule has 98 valence electrons. The van der Waals surface area contributed by atoms with Crippen molar-refractivity contribution in [2.75, 3.05) is 12.3 Å². The van der Waals surface area contributed by atoms with E-state index in [2.05, 4.69) is 12.2 Å². The lowest BCUT2D eigenvalue weighted by Crippen LogP contribution is -2.30. The van der Waals surface area contributed by atoms with Crippen LogP contribution in [-0.2, 0) is 11.2 Å². The number of nitrogen functional groups attached to an aromatic ring is 1. The summed E-state index contributed by atoms with van der Waals surface area (Å²) in [6.07, 6.45) is 5.00. The quantitative estimate of drug-likeness (QED) is 0.758. The maximum atomic E-state index is 11.7. The largest absolute Gasteiger partial charge is 0.399 e. The fourth-order valence-electron chi connectivity index (χ4n) is 2.21. The van der Waals surface area contributed by atoms with Crippen LogP contribution in [0.2, 0.25) is 0 Å². The first-order chi connectivity index (χ1) is 8.63. The van der Waals surface area contributed by atoms with Gasteiger partial charge in [-0.2, -0.15) is 0 Å². The summed E-state index contributed by atoms with van der Waals surface area (Å²) in [7, 11) is 0. The summed E-state index contributed by atoms with van der Waals surface area (Å²) in [5, 5.41) is 3.05. The van der Waals surface area contributed by atoms with Gasteiger partial charge in [-0.3, -0.25) is 4.79 Å². The molecule has 0 heterocycles. The molecule has 18 heavy (non-hydrogen) atoms. The van der Waals surface area contributed by atoms with Crippen LogP contribution in [0.15, 0.2) is 24.3 Å². The van der Waals surface area contributed by atoms with E-state index in [4.69, 9.17) is 5.73 Å². The lowest BCUT2D eigenvalue weighted by molar-refractivity contribution is -0.121. The summed E-state index contributed by atoms with van der Waals surface area (Å²) in [6, 6.07) is 7.74. The zero-order valence-corrected chi connectivity index (χ0v) is 11.0. The normalized spacial score (nSPS) is 16.3. The van der Waals surface area contributed by atoms with E-state index >= 15 is 0 Å². The molecule has 0 unspecified atom stereocenters. The van der Waals surface area contributed by atoms with Gasteiger partial charge in [0.05, 0.1) is 0 Å². The molecule has 3 heteroatoms. The zero-order chi connectivity index (χ0) is 13.0. The Kier molecular flexibility index (Phi) is 3.90. The lowest BCUT2D eigenvalue weighted by Gasteiger charge is -2.13. The summed E-state index contributed by atoms with van der Waals surface area (Å²) >= 11 is 0.